The van der Waals surface area contributed by atoms with Crippen LogP contribution in [0.3, 0.4) is 0 Å². The van der Waals surface area contributed by atoms with Crippen molar-refractivity contribution in [3.05, 3.63) is 34.7 Å². The van der Waals surface area contributed by atoms with Gasteiger partial charge in [0.05, 0.1) is 6.54 Å². The molecule has 1 amide bonds. The number of amides is 1. The molecule has 0 saturated carbocycles. The van der Waals surface area contributed by atoms with Gasteiger partial charge < -0.3 is 4.42 Å². The molecule has 1 saturated heterocycles. The summed E-state index contributed by atoms with van der Waals surface area (Å²) in [7, 11) is 0. The predicted molar refractivity (Wildman–Crippen MR) is 82.6 cm³/mol. The molecule has 0 radical (unpaired) electrons. The van der Waals surface area contributed by atoms with Crippen molar-refractivity contribution in [1.82, 2.24) is 9.88 Å². The maximum Gasteiger partial charge on any atom is 0.293 e. The smallest absolute Gasteiger partial charge is 0.293 e. The van der Waals surface area contributed by atoms with E-state index in [9.17, 15) is 4.79 Å². The lowest BCUT2D eigenvalue weighted by Crippen LogP contribution is -2.28. The normalized spacial score (nSPS) is 16.0. The van der Waals surface area contributed by atoms with Crippen molar-refractivity contribution in [2.24, 2.45) is 0 Å². The minimum Gasteiger partial charge on any atom is -0.455 e. The lowest BCUT2D eigenvalue weighted by molar-refractivity contribution is 0.0992. The standard InChI is InChI=1S/C15H19N3O2S/c1-11-9-16-15(21-11)17-14(19)13-6-5-12(20-13)10-18-7-3-2-4-8-18/h5-6,9H,2-4,7-8,10H2,1H3,(H,16,17,19). The molecule has 1 N–H and O–H groups in total. The molecule has 0 unspecified atom stereocenters. The number of piperidine rings is 1. The third-order valence-electron chi connectivity index (χ3n) is 3.56. The predicted octanol–water partition coefficient (Wildman–Crippen LogP) is 3.28. The molecule has 2 aromatic heterocycles. The first-order valence-corrected chi connectivity index (χ1v) is 8.07. The minimum atomic E-state index is -0.241. The third kappa shape index (κ3) is 3.71. The van der Waals surface area contributed by atoms with Crippen LogP contribution in [0.2, 0.25) is 0 Å². The maximum absolute atomic E-state index is 12.1. The summed E-state index contributed by atoms with van der Waals surface area (Å²) in [5.74, 6) is 0.946. The van der Waals surface area contributed by atoms with E-state index < -0.39 is 0 Å². The van der Waals surface area contributed by atoms with Crippen molar-refractivity contribution in [1.29, 1.82) is 0 Å². The maximum atomic E-state index is 12.1. The monoisotopic (exact) mass is 305 g/mol. The first kappa shape index (κ1) is 14.3. The zero-order valence-electron chi connectivity index (χ0n) is 12.1. The van der Waals surface area contributed by atoms with Crippen LogP contribution in [0.5, 0.6) is 0 Å². The summed E-state index contributed by atoms with van der Waals surface area (Å²) in [6, 6.07) is 3.62. The molecule has 0 spiro atoms. The number of furan rings is 1. The summed E-state index contributed by atoms with van der Waals surface area (Å²) in [6.07, 6.45) is 5.55. The van der Waals surface area contributed by atoms with E-state index in [0.717, 1.165) is 30.3 Å². The van der Waals surface area contributed by atoms with Gasteiger partial charge in [-0.1, -0.05) is 6.42 Å². The van der Waals surface area contributed by atoms with E-state index in [1.807, 2.05) is 13.0 Å². The van der Waals surface area contributed by atoms with Crippen LogP contribution in [-0.2, 0) is 6.54 Å². The molecule has 3 rings (SSSR count). The number of nitrogens with zero attached hydrogens (tertiary/aromatic N) is 2. The van der Waals surface area contributed by atoms with Gasteiger partial charge in [-0.2, -0.15) is 0 Å². The number of aryl methyl sites for hydroxylation is 1. The fraction of sp³-hybridized carbons (Fsp3) is 0.467. The van der Waals surface area contributed by atoms with E-state index in [1.54, 1.807) is 12.3 Å². The molecule has 0 aliphatic carbocycles. The molecular formula is C15H19N3O2S. The van der Waals surface area contributed by atoms with E-state index in [1.165, 1.54) is 30.6 Å². The summed E-state index contributed by atoms with van der Waals surface area (Å²) in [5.41, 5.74) is 0. The van der Waals surface area contributed by atoms with Crippen LogP contribution in [0.25, 0.3) is 0 Å². The second kappa shape index (κ2) is 6.41. The lowest BCUT2D eigenvalue weighted by Gasteiger charge is -2.25. The average molecular weight is 305 g/mol. The van der Waals surface area contributed by atoms with Crippen molar-refractivity contribution < 1.29 is 9.21 Å². The van der Waals surface area contributed by atoms with Crippen LogP contribution in [0.1, 0.15) is 40.5 Å². The highest BCUT2D eigenvalue weighted by atomic mass is 32.1. The fourth-order valence-electron chi connectivity index (χ4n) is 2.49. The molecule has 2 aromatic rings. The Hall–Kier alpha value is -1.66. The van der Waals surface area contributed by atoms with Gasteiger partial charge in [0.2, 0.25) is 0 Å². The second-order valence-corrected chi connectivity index (χ2v) is 6.57. The van der Waals surface area contributed by atoms with E-state index in [-0.39, 0.29) is 5.91 Å². The molecule has 0 bridgehead atoms. The largest absolute Gasteiger partial charge is 0.455 e. The van der Waals surface area contributed by atoms with Crippen molar-refractivity contribution in [3.8, 4) is 0 Å². The van der Waals surface area contributed by atoms with Gasteiger partial charge in [0, 0.05) is 11.1 Å². The summed E-state index contributed by atoms with van der Waals surface area (Å²) in [6.45, 7) is 4.96. The lowest BCUT2D eigenvalue weighted by atomic mass is 10.1. The molecule has 1 aliphatic rings. The third-order valence-corrected chi connectivity index (χ3v) is 4.38. The van der Waals surface area contributed by atoms with Crippen LogP contribution in [-0.4, -0.2) is 28.9 Å². The van der Waals surface area contributed by atoms with Crippen LogP contribution < -0.4 is 5.32 Å². The SMILES string of the molecule is Cc1cnc(NC(=O)c2ccc(CN3CCCCC3)o2)s1. The Balaban J connectivity index is 1.59. The van der Waals surface area contributed by atoms with Crippen LogP contribution in [0, 0.1) is 6.92 Å². The highest BCUT2D eigenvalue weighted by molar-refractivity contribution is 7.15. The molecule has 3 heterocycles. The van der Waals surface area contributed by atoms with E-state index in [2.05, 4.69) is 15.2 Å². The van der Waals surface area contributed by atoms with Crippen LogP contribution in [0.4, 0.5) is 5.13 Å². The van der Waals surface area contributed by atoms with Gasteiger partial charge in [-0.25, -0.2) is 4.98 Å². The van der Waals surface area contributed by atoms with Gasteiger partial charge in [-0.15, -0.1) is 11.3 Å². The number of rotatable bonds is 4. The Bertz CT molecular complexity index is 614. The topological polar surface area (TPSA) is 58.4 Å². The van der Waals surface area contributed by atoms with Crippen molar-refractivity contribution >= 4 is 22.4 Å². The van der Waals surface area contributed by atoms with Gasteiger partial charge in [0.25, 0.3) is 5.91 Å². The summed E-state index contributed by atoms with van der Waals surface area (Å²) in [4.78, 5) is 19.6. The second-order valence-electron chi connectivity index (χ2n) is 5.33. The highest BCUT2D eigenvalue weighted by Gasteiger charge is 2.16. The number of likely N-dealkylation sites (tertiary alicyclic amines) is 1. The van der Waals surface area contributed by atoms with Crippen LogP contribution in [0.15, 0.2) is 22.7 Å². The fourth-order valence-corrected chi connectivity index (χ4v) is 3.15. The van der Waals surface area contributed by atoms with Gasteiger partial charge in [-0.05, 0) is 45.0 Å². The molecule has 0 atom stereocenters. The molecule has 21 heavy (non-hydrogen) atoms. The summed E-state index contributed by atoms with van der Waals surface area (Å²) in [5, 5.41) is 3.36. The zero-order valence-corrected chi connectivity index (χ0v) is 12.9. The number of carbonyl (C=O) groups is 1. The van der Waals surface area contributed by atoms with Crippen molar-refractivity contribution in [2.45, 2.75) is 32.7 Å². The Labute approximate surface area is 128 Å². The minimum absolute atomic E-state index is 0.241. The first-order valence-electron chi connectivity index (χ1n) is 7.25. The molecule has 1 fully saturated rings. The molecule has 1 aliphatic heterocycles. The Morgan fingerprint density at radius 1 is 1.38 bits per heavy atom. The molecule has 6 heteroatoms. The van der Waals surface area contributed by atoms with Gasteiger partial charge in [0.15, 0.2) is 10.9 Å². The summed E-state index contributed by atoms with van der Waals surface area (Å²) < 4.78 is 5.65. The van der Waals surface area contributed by atoms with Crippen molar-refractivity contribution in [3.63, 3.8) is 0 Å². The zero-order chi connectivity index (χ0) is 14.7. The molecule has 5 nitrogen and oxygen atoms in total. The molecule has 0 aromatic carbocycles. The van der Waals surface area contributed by atoms with E-state index in [4.69, 9.17) is 4.42 Å². The number of carbonyl (C=O) groups excluding carboxylic acids is 1. The Kier molecular flexibility index (Phi) is 4.36. The van der Waals surface area contributed by atoms with Gasteiger partial charge in [-0.3, -0.25) is 15.0 Å². The number of hydrogen-bond acceptors (Lipinski definition) is 5. The number of anilines is 1. The Morgan fingerprint density at radius 2 is 2.19 bits per heavy atom. The van der Waals surface area contributed by atoms with Crippen molar-refractivity contribution in [2.75, 3.05) is 18.4 Å². The van der Waals surface area contributed by atoms with Gasteiger partial charge in [0.1, 0.15) is 5.76 Å². The molecular weight excluding hydrogens is 286 g/mol. The summed E-state index contributed by atoms with van der Waals surface area (Å²) >= 11 is 1.45. The quantitative estimate of drug-likeness (QED) is 0.941. The Morgan fingerprint density at radius 3 is 2.90 bits per heavy atom. The number of hydrogen-bond donors (Lipinski definition) is 1. The van der Waals surface area contributed by atoms with E-state index >= 15 is 0 Å². The number of aromatic nitrogens is 1. The molecule has 112 valence electrons. The number of nitrogens with one attached hydrogen (secondary N) is 1. The van der Waals surface area contributed by atoms with Crippen LogP contribution >= 0.6 is 11.3 Å². The van der Waals surface area contributed by atoms with E-state index in [0.29, 0.717) is 10.9 Å². The highest BCUT2D eigenvalue weighted by Crippen LogP contribution is 2.19. The number of thiazole rings is 1. The first-order chi connectivity index (χ1) is 10.2. The average Bonchev–Trinajstić information content (AvgIpc) is 3.09. The van der Waals surface area contributed by atoms with Gasteiger partial charge >= 0.3 is 0 Å².